The Labute approximate surface area is 113 Å². The van der Waals surface area contributed by atoms with Gasteiger partial charge in [0.25, 0.3) is 0 Å². The summed E-state index contributed by atoms with van der Waals surface area (Å²) in [6.07, 6.45) is 3.35. The molecule has 3 N–H and O–H groups in total. The zero-order chi connectivity index (χ0) is 13.7. The molecule has 1 saturated heterocycles. The van der Waals surface area contributed by atoms with Crippen LogP contribution in [-0.2, 0) is 4.74 Å². The van der Waals surface area contributed by atoms with E-state index in [0.29, 0.717) is 19.2 Å². The second kappa shape index (κ2) is 6.16. The number of ether oxygens (including phenoxy) is 1. The molecule has 0 bridgehead atoms. The van der Waals surface area contributed by atoms with Crippen molar-refractivity contribution in [2.75, 3.05) is 37.0 Å². The van der Waals surface area contributed by atoms with Crippen LogP contribution in [0.4, 0.5) is 11.8 Å². The summed E-state index contributed by atoms with van der Waals surface area (Å²) in [7, 11) is 0. The van der Waals surface area contributed by atoms with Gasteiger partial charge in [0.1, 0.15) is 5.82 Å². The third-order valence-corrected chi connectivity index (χ3v) is 3.44. The highest BCUT2D eigenvalue weighted by Crippen LogP contribution is 2.26. The van der Waals surface area contributed by atoms with E-state index < -0.39 is 0 Å². The summed E-state index contributed by atoms with van der Waals surface area (Å²) in [4.78, 5) is 8.68. The lowest BCUT2D eigenvalue weighted by molar-refractivity contribution is 0.0378. The molecule has 1 aliphatic heterocycles. The fraction of sp³-hybridized carbons (Fsp3) is 0.692. The van der Waals surface area contributed by atoms with Crippen LogP contribution in [0, 0.1) is 6.92 Å². The van der Waals surface area contributed by atoms with Gasteiger partial charge < -0.3 is 20.5 Å². The topological polar surface area (TPSA) is 79.3 Å². The summed E-state index contributed by atoms with van der Waals surface area (Å²) in [6, 6.07) is 0. The van der Waals surface area contributed by atoms with Crippen molar-refractivity contribution in [1.82, 2.24) is 9.97 Å². The van der Waals surface area contributed by atoms with E-state index in [1.807, 2.05) is 13.8 Å². The van der Waals surface area contributed by atoms with Crippen LogP contribution in [0.5, 0.6) is 0 Å². The van der Waals surface area contributed by atoms with Crippen molar-refractivity contribution in [3.63, 3.8) is 0 Å². The Hall–Kier alpha value is -1.40. The maximum absolute atomic E-state index is 9.69. The molecule has 0 spiro atoms. The van der Waals surface area contributed by atoms with Crippen LogP contribution in [0.1, 0.15) is 25.3 Å². The summed E-state index contributed by atoms with van der Waals surface area (Å²) in [5.74, 6) is 1.39. The van der Waals surface area contributed by atoms with E-state index in [0.717, 1.165) is 30.8 Å². The van der Waals surface area contributed by atoms with E-state index >= 15 is 0 Å². The zero-order valence-electron chi connectivity index (χ0n) is 11.6. The first kappa shape index (κ1) is 14.0. The van der Waals surface area contributed by atoms with Crippen LogP contribution in [0.3, 0.4) is 0 Å². The van der Waals surface area contributed by atoms with Gasteiger partial charge in [-0.05, 0) is 26.7 Å². The Morgan fingerprint density at radius 2 is 2.16 bits per heavy atom. The minimum absolute atomic E-state index is 0.0797. The Balaban J connectivity index is 2.18. The van der Waals surface area contributed by atoms with E-state index in [1.54, 1.807) is 6.20 Å². The normalized spacial score (nSPS) is 18.1. The molecule has 0 saturated carbocycles. The molecule has 0 atom stereocenters. The van der Waals surface area contributed by atoms with Crippen LogP contribution in [0.25, 0.3) is 0 Å². The van der Waals surface area contributed by atoms with Crippen molar-refractivity contribution in [2.24, 2.45) is 0 Å². The van der Waals surface area contributed by atoms with Crippen molar-refractivity contribution in [2.45, 2.75) is 32.2 Å². The average Bonchev–Trinajstić information content (AvgIpc) is 2.44. The molecule has 2 rings (SSSR count). The van der Waals surface area contributed by atoms with Crippen LogP contribution >= 0.6 is 0 Å². The molecular formula is C13H22N4O2. The number of anilines is 2. The van der Waals surface area contributed by atoms with Crippen molar-refractivity contribution < 1.29 is 9.84 Å². The Morgan fingerprint density at radius 1 is 1.42 bits per heavy atom. The molecule has 1 aliphatic rings. The maximum atomic E-state index is 9.69. The van der Waals surface area contributed by atoms with E-state index in [9.17, 15) is 5.11 Å². The van der Waals surface area contributed by atoms with Gasteiger partial charge in [-0.2, -0.15) is 4.98 Å². The van der Waals surface area contributed by atoms with E-state index in [4.69, 9.17) is 4.74 Å². The first-order valence-electron chi connectivity index (χ1n) is 6.73. The lowest BCUT2D eigenvalue weighted by Gasteiger charge is -2.37. The number of hydrogen-bond acceptors (Lipinski definition) is 6. The van der Waals surface area contributed by atoms with Crippen LogP contribution in [0.15, 0.2) is 6.20 Å². The molecule has 1 aromatic heterocycles. The van der Waals surface area contributed by atoms with Crippen molar-refractivity contribution in [1.29, 1.82) is 0 Å². The van der Waals surface area contributed by atoms with Gasteiger partial charge in [-0.1, -0.05) is 0 Å². The van der Waals surface area contributed by atoms with Gasteiger partial charge in [0, 0.05) is 31.5 Å². The van der Waals surface area contributed by atoms with E-state index in [-0.39, 0.29) is 12.1 Å². The second-order valence-electron chi connectivity index (χ2n) is 4.93. The third kappa shape index (κ3) is 3.33. The molecular weight excluding hydrogens is 244 g/mol. The Bertz CT molecular complexity index is 419. The lowest BCUT2D eigenvalue weighted by atomic mass is 9.91. The van der Waals surface area contributed by atoms with Gasteiger partial charge in [0.2, 0.25) is 5.95 Å². The second-order valence-corrected chi connectivity index (χ2v) is 4.93. The minimum atomic E-state index is -0.332. The average molecular weight is 266 g/mol. The fourth-order valence-corrected chi connectivity index (χ4v) is 2.15. The molecule has 0 aliphatic carbocycles. The summed E-state index contributed by atoms with van der Waals surface area (Å²) in [6.45, 7) is 6.15. The molecule has 0 aromatic carbocycles. The molecule has 6 nitrogen and oxygen atoms in total. The van der Waals surface area contributed by atoms with Crippen molar-refractivity contribution in [3.05, 3.63) is 11.8 Å². The number of hydrogen-bond donors (Lipinski definition) is 3. The molecule has 0 amide bonds. The summed E-state index contributed by atoms with van der Waals surface area (Å²) in [5.41, 5.74) is 0.641. The largest absolute Gasteiger partial charge is 0.394 e. The smallest absolute Gasteiger partial charge is 0.224 e. The number of aryl methyl sites for hydroxylation is 1. The predicted molar refractivity (Wildman–Crippen MR) is 74.4 cm³/mol. The third-order valence-electron chi connectivity index (χ3n) is 3.44. The maximum Gasteiger partial charge on any atom is 0.224 e. The highest BCUT2D eigenvalue weighted by Gasteiger charge is 2.32. The number of aliphatic hydroxyl groups excluding tert-OH is 1. The van der Waals surface area contributed by atoms with Gasteiger partial charge >= 0.3 is 0 Å². The predicted octanol–water partition coefficient (Wildman–Crippen LogP) is 1.17. The number of nitrogens with one attached hydrogen (secondary N) is 2. The highest BCUT2D eigenvalue weighted by molar-refractivity contribution is 5.48. The number of nitrogens with zero attached hydrogens (tertiary/aromatic N) is 2. The lowest BCUT2D eigenvalue weighted by Crippen LogP contribution is -2.47. The van der Waals surface area contributed by atoms with Gasteiger partial charge in [-0.25, -0.2) is 4.98 Å². The Morgan fingerprint density at radius 3 is 2.79 bits per heavy atom. The molecule has 0 radical (unpaired) electrons. The molecule has 106 valence electrons. The highest BCUT2D eigenvalue weighted by atomic mass is 16.5. The molecule has 19 heavy (non-hydrogen) atoms. The van der Waals surface area contributed by atoms with Gasteiger partial charge in [-0.15, -0.1) is 0 Å². The fourth-order valence-electron chi connectivity index (χ4n) is 2.15. The molecule has 2 heterocycles. The van der Waals surface area contributed by atoms with Gasteiger partial charge in [-0.3, -0.25) is 0 Å². The standard InChI is InChI=1S/C13H22N4O2/c1-3-14-12-15-8-10(2)11(16-12)17-13(9-18)4-6-19-7-5-13/h8,18H,3-7,9H2,1-2H3,(H2,14,15,16,17). The van der Waals surface area contributed by atoms with Crippen LogP contribution < -0.4 is 10.6 Å². The molecule has 1 aromatic rings. The summed E-state index contributed by atoms with van der Waals surface area (Å²) in [5, 5.41) is 16.2. The van der Waals surface area contributed by atoms with E-state index in [1.165, 1.54) is 0 Å². The summed E-state index contributed by atoms with van der Waals surface area (Å²) < 4.78 is 5.36. The first-order chi connectivity index (χ1) is 9.19. The molecule has 1 fully saturated rings. The first-order valence-corrected chi connectivity index (χ1v) is 6.73. The van der Waals surface area contributed by atoms with E-state index in [2.05, 4.69) is 20.6 Å². The SMILES string of the molecule is CCNc1ncc(C)c(NC2(CO)CCOCC2)n1. The summed E-state index contributed by atoms with van der Waals surface area (Å²) >= 11 is 0. The number of aromatic nitrogens is 2. The minimum Gasteiger partial charge on any atom is -0.394 e. The molecule has 0 unspecified atom stereocenters. The molecule has 6 heteroatoms. The van der Waals surface area contributed by atoms with Gasteiger partial charge in [0.15, 0.2) is 0 Å². The van der Waals surface area contributed by atoms with Gasteiger partial charge in [0.05, 0.1) is 12.1 Å². The number of rotatable bonds is 5. The van der Waals surface area contributed by atoms with Crippen molar-refractivity contribution >= 4 is 11.8 Å². The van der Waals surface area contributed by atoms with Crippen molar-refractivity contribution in [3.8, 4) is 0 Å². The monoisotopic (exact) mass is 266 g/mol. The van der Waals surface area contributed by atoms with Crippen LogP contribution in [0.2, 0.25) is 0 Å². The Kier molecular flexibility index (Phi) is 4.55. The van der Waals surface area contributed by atoms with Crippen LogP contribution in [-0.4, -0.2) is 47.0 Å². The number of aliphatic hydroxyl groups is 1. The quantitative estimate of drug-likeness (QED) is 0.742. The zero-order valence-corrected chi connectivity index (χ0v) is 11.6.